The molecule has 1 N–H and O–H groups in total. The van der Waals surface area contributed by atoms with Crippen LogP contribution in [0.3, 0.4) is 0 Å². The molecule has 0 aliphatic carbocycles. The van der Waals surface area contributed by atoms with Gasteiger partial charge in [-0.3, -0.25) is 9.59 Å². The molecule has 0 fully saturated rings. The zero-order valence-electron chi connectivity index (χ0n) is 13.9. The average molecular weight is 345 g/mol. The Bertz CT molecular complexity index is 731. The molecular formula is C19H21ClN2O2. The van der Waals surface area contributed by atoms with Gasteiger partial charge in [-0.1, -0.05) is 41.9 Å². The Labute approximate surface area is 147 Å². The standard InChI is InChI=1S/C19H21ClN2O2/c1-14-6-3-4-9-17(14)19(24)21-11-10-18(23)22(2)13-15-7-5-8-16(20)12-15/h3-9,12H,10-11,13H2,1-2H3,(H,21,24). The lowest BCUT2D eigenvalue weighted by Gasteiger charge is -2.17. The number of carbonyl (C=O) groups is 2. The first-order chi connectivity index (χ1) is 11.5. The van der Waals surface area contributed by atoms with Crippen molar-refractivity contribution in [1.29, 1.82) is 0 Å². The highest BCUT2D eigenvalue weighted by Gasteiger charge is 2.12. The van der Waals surface area contributed by atoms with Crippen LogP contribution in [-0.4, -0.2) is 30.3 Å². The molecule has 5 heteroatoms. The van der Waals surface area contributed by atoms with Gasteiger partial charge in [-0.15, -0.1) is 0 Å². The van der Waals surface area contributed by atoms with Crippen LogP contribution in [0.1, 0.15) is 27.9 Å². The maximum atomic E-state index is 12.2. The maximum Gasteiger partial charge on any atom is 0.251 e. The van der Waals surface area contributed by atoms with Gasteiger partial charge in [0.2, 0.25) is 5.91 Å². The number of carbonyl (C=O) groups excluding carboxylic acids is 2. The van der Waals surface area contributed by atoms with Crippen molar-refractivity contribution in [1.82, 2.24) is 10.2 Å². The van der Waals surface area contributed by atoms with Gasteiger partial charge in [0.25, 0.3) is 5.91 Å². The van der Waals surface area contributed by atoms with Gasteiger partial charge in [-0.25, -0.2) is 0 Å². The lowest BCUT2D eigenvalue weighted by atomic mass is 10.1. The van der Waals surface area contributed by atoms with Crippen LogP contribution in [0, 0.1) is 6.92 Å². The molecule has 0 aliphatic rings. The van der Waals surface area contributed by atoms with E-state index < -0.39 is 0 Å². The number of nitrogens with zero attached hydrogens (tertiary/aromatic N) is 1. The molecule has 0 bridgehead atoms. The molecule has 0 unspecified atom stereocenters. The highest BCUT2D eigenvalue weighted by Crippen LogP contribution is 2.12. The lowest BCUT2D eigenvalue weighted by molar-refractivity contribution is -0.130. The van der Waals surface area contributed by atoms with Gasteiger partial charge in [0.1, 0.15) is 0 Å². The van der Waals surface area contributed by atoms with Crippen LogP contribution in [0.4, 0.5) is 0 Å². The molecule has 0 atom stereocenters. The molecule has 2 rings (SSSR count). The zero-order chi connectivity index (χ0) is 17.5. The molecule has 126 valence electrons. The van der Waals surface area contributed by atoms with Crippen LogP contribution < -0.4 is 5.32 Å². The molecule has 0 heterocycles. The van der Waals surface area contributed by atoms with Crippen molar-refractivity contribution >= 4 is 23.4 Å². The van der Waals surface area contributed by atoms with Crippen LogP contribution in [-0.2, 0) is 11.3 Å². The van der Waals surface area contributed by atoms with Gasteiger partial charge in [-0.05, 0) is 36.2 Å². The number of aryl methyl sites for hydroxylation is 1. The Morgan fingerprint density at radius 2 is 1.88 bits per heavy atom. The summed E-state index contributed by atoms with van der Waals surface area (Å²) < 4.78 is 0. The molecule has 0 aliphatic heterocycles. The topological polar surface area (TPSA) is 49.4 Å². The molecule has 2 amide bonds. The second-order valence-electron chi connectivity index (χ2n) is 5.70. The minimum absolute atomic E-state index is 0.0277. The van der Waals surface area contributed by atoms with E-state index >= 15 is 0 Å². The summed E-state index contributed by atoms with van der Waals surface area (Å²) in [6.07, 6.45) is 0.259. The number of amides is 2. The van der Waals surface area contributed by atoms with E-state index in [1.165, 1.54) is 0 Å². The quantitative estimate of drug-likeness (QED) is 0.872. The predicted molar refractivity (Wildman–Crippen MR) is 96.1 cm³/mol. The first kappa shape index (κ1) is 18.0. The summed E-state index contributed by atoms with van der Waals surface area (Å²) in [6.45, 7) is 2.69. The van der Waals surface area contributed by atoms with Crippen molar-refractivity contribution in [3.63, 3.8) is 0 Å². The monoisotopic (exact) mass is 344 g/mol. The van der Waals surface area contributed by atoms with E-state index in [1.54, 1.807) is 24.1 Å². The Morgan fingerprint density at radius 1 is 1.12 bits per heavy atom. The highest BCUT2D eigenvalue weighted by molar-refractivity contribution is 6.30. The predicted octanol–water partition coefficient (Wildman–Crippen LogP) is 3.43. The Hall–Kier alpha value is -2.33. The summed E-state index contributed by atoms with van der Waals surface area (Å²) in [6, 6.07) is 14.8. The van der Waals surface area contributed by atoms with Crippen molar-refractivity contribution in [2.24, 2.45) is 0 Å². The molecular weight excluding hydrogens is 324 g/mol. The van der Waals surface area contributed by atoms with Crippen molar-refractivity contribution in [2.75, 3.05) is 13.6 Å². The molecule has 2 aromatic rings. The summed E-state index contributed by atoms with van der Waals surface area (Å²) in [5, 5.41) is 3.44. The largest absolute Gasteiger partial charge is 0.352 e. The Morgan fingerprint density at radius 3 is 2.58 bits per heavy atom. The van der Waals surface area contributed by atoms with Gasteiger partial charge in [0.05, 0.1) is 0 Å². The molecule has 24 heavy (non-hydrogen) atoms. The fourth-order valence-corrected chi connectivity index (χ4v) is 2.61. The van der Waals surface area contributed by atoms with Crippen LogP contribution >= 0.6 is 11.6 Å². The van der Waals surface area contributed by atoms with Gasteiger partial charge in [0.15, 0.2) is 0 Å². The second kappa shape index (κ2) is 8.50. The number of hydrogen-bond donors (Lipinski definition) is 1. The van der Waals surface area contributed by atoms with Crippen molar-refractivity contribution in [3.8, 4) is 0 Å². The highest BCUT2D eigenvalue weighted by atomic mass is 35.5. The molecule has 4 nitrogen and oxygen atoms in total. The van der Waals surface area contributed by atoms with E-state index in [9.17, 15) is 9.59 Å². The van der Waals surface area contributed by atoms with Gasteiger partial charge >= 0.3 is 0 Å². The van der Waals surface area contributed by atoms with Gasteiger partial charge in [-0.2, -0.15) is 0 Å². The van der Waals surface area contributed by atoms with E-state index in [1.807, 2.05) is 43.3 Å². The number of hydrogen-bond acceptors (Lipinski definition) is 2. The molecule has 0 aromatic heterocycles. The summed E-state index contributed by atoms with van der Waals surface area (Å²) in [4.78, 5) is 25.9. The lowest BCUT2D eigenvalue weighted by Crippen LogP contribution is -2.32. The number of halogens is 1. The van der Waals surface area contributed by atoms with E-state index in [0.717, 1.165) is 11.1 Å². The van der Waals surface area contributed by atoms with E-state index in [-0.39, 0.29) is 18.2 Å². The zero-order valence-corrected chi connectivity index (χ0v) is 14.6. The number of benzene rings is 2. The summed E-state index contributed by atoms with van der Waals surface area (Å²) in [5.41, 5.74) is 2.53. The third kappa shape index (κ3) is 5.10. The number of rotatable bonds is 6. The first-order valence-corrected chi connectivity index (χ1v) is 8.17. The van der Waals surface area contributed by atoms with Crippen LogP contribution in [0.25, 0.3) is 0 Å². The maximum absolute atomic E-state index is 12.2. The Kier molecular flexibility index (Phi) is 6.38. The normalized spacial score (nSPS) is 10.3. The fraction of sp³-hybridized carbons (Fsp3) is 0.263. The van der Waals surface area contributed by atoms with E-state index in [0.29, 0.717) is 23.7 Å². The molecule has 0 spiro atoms. The van der Waals surface area contributed by atoms with Crippen LogP contribution in [0.2, 0.25) is 5.02 Å². The minimum atomic E-state index is -0.154. The van der Waals surface area contributed by atoms with Crippen molar-refractivity contribution in [2.45, 2.75) is 19.9 Å². The van der Waals surface area contributed by atoms with Crippen molar-refractivity contribution < 1.29 is 9.59 Å². The second-order valence-corrected chi connectivity index (χ2v) is 6.14. The molecule has 0 radical (unpaired) electrons. The number of nitrogens with one attached hydrogen (secondary N) is 1. The minimum Gasteiger partial charge on any atom is -0.352 e. The SMILES string of the molecule is Cc1ccccc1C(=O)NCCC(=O)N(C)Cc1cccc(Cl)c1. The average Bonchev–Trinajstić information content (AvgIpc) is 2.55. The summed E-state index contributed by atoms with van der Waals surface area (Å²) >= 11 is 5.95. The molecule has 2 aromatic carbocycles. The Balaban J connectivity index is 1.80. The molecule has 0 saturated carbocycles. The molecule has 0 saturated heterocycles. The van der Waals surface area contributed by atoms with Crippen molar-refractivity contribution in [3.05, 3.63) is 70.2 Å². The third-order valence-corrected chi connectivity index (χ3v) is 3.98. The van der Waals surface area contributed by atoms with Gasteiger partial charge < -0.3 is 10.2 Å². The third-order valence-electron chi connectivity index (χ3n) is 3.75. The van der Waals surface area contributed by atoms with Gasteiger partial charge in [0, 0.05) is 37.1 Å². The van der Waals surface area contributed by atoms with Crippen LogP contribution in [0.15, 0.2) is 48.5 Å². The van der Waals surface area contributed by atoms with E-state index in [2.05, 4.69) is 5.32 Å². The summed E-state index contributed by atoms with van der Waals surface area (Å²) in [7, 11) is 1.74. The summed E-state index contributed by atoms with van der Waals surface area (Å²) in [5.74, 6) is -0.182. The van der Waals surface area contributed by atoms with E-state index in [4.69, 9.17) is 11.6 Å². The smallest absolute Gasteiger partial charge is 0.251 e. The fourth-order valence-electron chi connectivity index (χ4n) is 2.39. The first-order valence-electron chi connectivity index (χ1n) is 7.79. The van der Waals surface area contributed by atoms with Crippen LogP contribution in [0.5, 0.6) is 0 Å².